The van der Waals surface area contributed by atoms with Crippen molar-refractivity contribution in [3.63, 3.8) is 0 Å². The van der Waals surface area contributed by atoms with Crippen LogP contribution < -0.4 is 5.32 Å². The molecule has 1 heterocycles. The van der Waals surface area contributed by atoms with Crippen molar-refractivity contribution in [2.45, 2.75) is 0 Å². The number of hydrogen-bond donors (Lipinski definition) is 1. The Labute approximate surface area is 94.1 Å². The summed E-state index contributed by atoms with van der Waals surface area (Å²) in [5.41, 5.74) is 1.81. The van der Waals surface area contributed by atoms with Gasteiger partial charge in [0.05, 0.1) is 5.56 Å². The third kappa shape index (κ3) is 2.45. The number of aromatic nitrogens is 1. The Morgan fingerprint density at radius 2 is 2.12 bits per heavy atom. The second-order valence-corrected chi connectivity index (χ2v) is 3.32. The normalized spacial score (nSPS) is 9.81. The van der Waals surface area contributed by atoms with E-state index in [4.69, 9.17) is 6.92 Å². The molecular formula is C13H10N2O. The Morgan fingerprint density at radius 3 is 2.81 bits per heavy atom. The van der Waals surface area contributed by atoms with Gasteiger partial charge in [-0.1, -0.05) is 12.1 Å². The fraction of sp³-hybridized carbons (Fsp3) is 0. The topological polar surface area (TPSA) is 42.0 Å². The van der Waals surface area contributed by atoms with Crippen molar-refractivity contribution in [1.29, 1.82) is 0 Å². The van der Waals surface area contributed by atoms with Crippen LogP contribution in [0.15, 0.2) is 48.8 Å². The summed E-state index contributed by atoms with van der Waals surface area (Å²) in [5.74, 6) is -0.196. The van der Waals surface area contributed by atoms with Crippen LogP contribution in [-0.4, -0.2) is 10.9 Å². The summed E-state index contributed by atoms with van der Waals surface area (Å²) >= 11 is 0. The first-order valence-corrected chi connectivity index (χ1v) is 4.82. The first kappa shape index (κ1) is 10.4. The Morgan fingerprint density at radius 1 is 1.25 bits per heavy atom. The predicted octanol–water partition coefficient (Wildman–Crippen LogP) is 2.39. The molecule has 3 nitrogen and oxygen atoms in total. The van der Waals surface area contributed by atoms with Crippen molar-refractivity contribution < 1.29 is 4.79 Å². The van der Waals surface area contributed by atoms with Crippen LogP contribution >= 0.6 is 0 Å². The van der Waals surface area contributed by atoms with Crippen LogP contribution in [-0.2, 0) is 0 Å². The molecule has 1 N–H and O–H groups in total. The van der Waals surface area contributed by atoms with Gasteiger partial charge in [-0.3, -0.25) is 9.78 Å². The number of carbonyl (C=O) groups is 1. The maximum Gasteiger partial charge on any atom is 0.257 e. The minimum Gasteiger partial charge on any atom is -0.322 e. The van der Waals surface area contributed by atoms with E-state index >= 15 is 0 Å². The summed E-state index contributed by atoms with van der Waals surface area (Å²) in [6, 6.07) is 10.5. The van der Waals surface area contributed by atoms with Crippen LogP contribution in [0.3, 0.4) is 0 Å². The third-order valence-corrected chi connectivity index (χ3v) is 2.07. The van der Waals surface area contributed by atoms with E-state index in [0.717, 1.165) is 0 Å². The molecule has 1 aromatic heterocycles. The number of nitrogens with zero attached hydrogens (tertiary/aromatic N) is 1. The highest BCUT2D eigenvalue weighted by Crippen LogP contribution is 2.10. The van der Waals surface area contributed by atoms with Gasteiger partial charge in [0.1, 0.15) is 0 Å². The lowest BCUT2D eigenvalue weighted by molar-refractivity contribution is 0.102. The number of nitrogens with one attached hydrogen (secondary N) is 1. The van der Waals surface area contributed by atoms with Gasteiger partial charge in [0.25, 0.3) is 5.91 Å². The van der Waals surface area contributed by atoms with Crippen molar-refractivity contribution in [3.05, 3.63) is 66.8 Å². The van der Waals surface area contributed by atoms with E-state index in [9.17, 15) is 4.79 Å². The summed E-state index contributed by atoms with van der Waals surface area (Å²) < 4.78 is 0. The molecule has 0 bridgehead atoms. The number of carbonyl (C=O) groups excluding carboxylic acids is 1. The standard InChI is InChI=1S/C13H10N2O/c1-10-4-2-6-12(8-10)15-13(16)11-5-3-7-14-9-11/h1-9H,(H,15,16). The molecule has 0 aliphatic carbocycles. The van der Waals surface area contributed by atoms with Crippen LogP contribution in [0.1, 0.15) is 15.9 Å². The van der Waals surface area contributed by atoms with E-state index in [0.29, 0.717) is 16.8 Å². The maximum atomic E-state index is 11.7. The first-order chi connectivity index (χ1) is 7.75. The smallest absolute Gasteiger partial charge is 0.257 e. The van der Waals surface area contributed by atoms with E-state index in [1.807, 2.05) is 0 Å². The Kier molecular flexibility index (Phi) is 2.96. The van der Waals surface area contributed by atoms with Gasteiger partial charge in [-0.2, -0.15) is 0 Å². The second-order valence-electron chi connectivity index (χ2n) is 3.32. The summed E-state index contributed by atoms with van der Waals surface area (Å²) in [4.78, 5) is 15.6. The van der Waals surface area contributed by atoms with Gasteiger partial charge in [-0.15, -0.1) is 0 Å². The van der Waals surface area contributed by atoms with Crippen LogP contribution in [0.2, 0.25) is 0 Å². The van der Waals surface area contributed by atoms with E-state index in [1.165, 1.54) is 6.20 Å². The number of rotatable bonds is 2. The molecule has 2 aromatic rings. The molecule has 16 heavy (non-hydrogen) atoms. The van der Waals surface area contributed by atoms with Gasteiger partial charge in [0.15, 0.2) is 0 Å². The lowest BCUT2D eigenvalue weighted by atomic mass is 10.2. The third-order valence-electron chi connectivity index (χ3n) is 2.07. The highest BCUT2D eigenvalue weighted by atomic mass is 16.1. The van der Waals surface area contributed by atoms with Crippen molar-refractivity contribution in [2.24, 2.45) is 0 Å². The molecule has 0 unspecified atom stereocenters. The highest BCUT2D eigenvalue weighted by Gasteiger charge is 2.04. The lowest BCUT2D eigenvalue weighted by Crippen LogP contribution is -2.11. The quantitative estimate of drug-likeness (QED) is 0.826. The Hall–Kier alpha value is -2.16. The summed E-state index contributed by atoms with van der Waals surface area (Å²) in [6.07, 6.45) is 3.14. The number of hydrogen-bond acceptors (Lipinski definition) is 2. The number of benzene rings is 1. The summed E-state index contributed by atoms with van der Waals surface area (Å²) in [5, 5.41) is 2.74. The van der Waals surface area contributed by atoms with E-state index in [-0.39, 0.29) is 5.91 Å². The minimum atomic E-state index is -0.196. The molecule has 0 atom stereocenters. The molecule has 0 saturated heterocycles. The van der Waals surface area contributed by atoms with Crippen molar-refractivity contribution >= 4 is 11.6 Å². The molecule has 1 aromatic carbocycles. The molecule has 0 spiro atoms. The minimum absolute atomic E-state index is 0.196. The number of pyridine rings is 1. The zero-order valence-electron chi connectivity index (χ0n) is 8.55. The van der Waals surface area contributed by atoms with Gasteiger partial charge >= 0.3 is 0 Å². The zero-order valence-corrected chi connectivity index (χ0v) is 8.55. The van der Waals surface area contributed by atoms with Gasteiger partial charge in [-0.25, -0.2) is 0 Å². The van der Waals surface area contributed by atoms with Crippen LogP contribution in [0.5, 0.6) is 0 Å². The lowest BCUT2D eigenvalue weighted by Gasteiger charge is -2.05. The summed E-state index contributed by atoms with van der Waals surface area (Å²) in [7, 11) is 0. The van der Waals surface area contributed by atoms with Gasteiger partial charge in [0, 0.05) is 18.1 Å². The fourth-order valence-electron chi connectivity index (χ4n) is 1.32. The van der Waals surface area contributed by atoms with Gasteiger partial charge in [0.2, 0.25) is 0 Å². The van der Waals surface area contributed by atoms with Crippen LogP contribution in [0, 0.1) is 6.92 Å². The molecule has 0 fully saturated rings. The van der Waals surface area contributed by atoms with E-state index in [1.54, 1.807) is 42.6 Å². The molecule has 0 aliphatic heterocycles. The SMILES string of the molecule is [CH]c1cccc(NC(=O)c2cccnc2)c1. The van der Waals surface area contributed by atoms with Gasteiger partial charge < -0.3 is 5.32 Å². The van der Waals surface area contributed by atoms with E-state index in [2.05, 4.69) is 10.3 Å². The zero-order chi connectivity index (χ0) is 11.4. The average Bonchev–Trinajstić information content (AvgIpc) is 2.30. The second kappa shape index (κ2) is 4.57. The highest BCUT2D eigenvalue weighted by molar-refractivity contribution is 6.04. The molecule has 78 valence electrons. The van der Waals surface area contributed by atoms with Crippen molar-refractivity contribution in [3.8, 4) is 0 Å². The molecule has 3 heteroatoms. The Balaban J connectivity index is 2.14. The molecule has 2 rings (SSSR count). The fourth-order valence-corrected chi connectivity index (χ4v) is 1.32. The number of anilines is 1. The van der Waals surface area contributed by atoms with Crippen molar-refractivity contribution in [2.75, 3.05) is 5.32 Å². The van der Waals surface area contributed by atoms with Crippen LogP contribution in [0.4, 0.5) is 5.69 Å². The number of amides is 1. The summed E-state index contributed by atoms with van der Waals surface area (Å²) in [6.45, 7) is 5.61. The molecule has 0 aliphatic rings. The monoisotopic (exact) mass is 210 g/mol. The van der Waals surface area contributed by atoms with Crippen LogP contribution in [0.25, 0.3) is 0 Å². The molecule has 0 saturated carbocycles. The molecule has 2 radical (unpaired) electrons. The first-order valence-electron chi connectivity index (χ1n) is 4.82. The predicted molar refractivity (Wildman–Crippen MR) is 62.0 cm³/mol. The van der Waals surface area contributed by atoms with E-state index < -0.39 is 0 Å². The van der Waals surface area contributed by atoms with Crippen molar-refractivity contribution in [1.82, 2.24) is 4.98 Å². The maximum absolute atomic E-state index is 11.7. The largest absolute Gasteiger partial charge is 0.322 e. The van der Waals surface area contributed by atoms with Gasteiger partial charge in [-0.05, 0) is 36.8 Å². The average molecular weight is 210 g/mol. The molecular weight excluding hydrogens is 200 g/mol. The molecule has 1 amide bonds. The Bertz CT molecular complexity index is 494.